The van der Waals surface area contributed by atoms with Gasteiger partial charge < -0.3 is 14.7 Å². The van der Waals surface area contributed by atoms with Crippen LogP contribution in [0, 0.1) is 6.92 Å². The lowest BCUT2D eigenvalue weighted by atomic mass is 10.2. The van der Waals surface area contributed by atoms with Gasteiger partial charge in [-0.1, -0.05) is 12.1 Å². The summed E-state index contributed by atoms with van der Waals surface area (Å²) in [5, 5.41) is 9.11. The van der Waals surface area contributed by atoms with Crippen LogP contribution in [-0.2, 0) is 9.59 Å². The summed E-state index contributed by atoms with van der Waals surface area (Å²) in [5.41, 5.74) is 1.13. The standard InChI is InChI=1S/C17H23NO4/c1-12-5-3-6-15(11-12)22-10-4-7-16(19)18(14-8-9-14)13(2)17(20)21/h3,5-6,11,13-14H,4,7-10H2,1-2H3,(H,20,21). The molecule has 0 heterocycles. The summed E-state index contributed by atoms with van der Waals surface area (Å²) in [4.78, 5) is 24.9. The highest BCUT2D eigenvalue weighted by atomic mass is 16.5. The van der Waals surface area contributed by atoms with Gasteiger partial charge in [-0.2, -0.15) is 0 Å². The molecule has 0 radical (unpaired) electrons. The smallest absolute Gasteiger partial charge is 0.326 e. The van der Waals surface area contributed by atoms with Gasteiger partial charge in [-0.3, -0.25) is 4.79 Å². The van der Waals surface area contributed by atoms with E-state index in [0.717, 1.165) is 24.2 Å². The van der Waals surface area contributed by atoms with Crippen LogP contribution in [0.15, 0.2) is 24.3 Å². The number of hydrogen-bond donors (Lipinski definition) is 1. The van der Waals surface area contributed by atoms with Crippen molar-refractivity contribution in [2.45, 2.75) is 51.6 Å². The number of aliphatic carboxylic acids is 1. The minimum Gasteiger partial charge on any atom is -0.494 e. The number of amides is 1. The van der Waals surface area contributed by atoms with E-state index in [4.69, 9.17) is 9.84 Å². The molecule has 1 N–H and O–H groups in total. The van der Waals surface area contributed by atoms with Crippen LogP contribution >= 0.6 is 0 Å². The van der Waals surface area contributed by atoms with E-state index in [1.54, 1.807) is 6.92 Å². The molecule has 120 valence electrons. The van der Waals surface area contributed by atoms with Crippen LogP contribution in [-0.4, -0.2) is 40.6 Å². The summed E-state index contributed by atoms with van der Waals surface area (Å²) in [6.07, 6.45) is 2.72. The van der Waals surface area contributed by atoms with Gasteiger partial charge in [0.2, 0.25) is 5.91 Å². The van der Waals surface area contributed by atoms with Crippen LogP contribution in [0.4, 0.5) is 0 Å². The Morgan fingerprint density at radius 3 is 2.73 bits per heavy atom. The predicted molar refractivity (Wildman–Crippen MR) is 82.9 cm³/mol. The highest BCUT2D eigenvalue weighted by Crippen LogP contribution is 2.29. The fraction of sp³-hybridized carbons (Fsp3) is 0.529. The molecule has 0 saturated heterocycles. The van der Waals surface area contributed by atoms with Gasteiger partial charge in [0.15, 0.2) is 0 Å². The summed E-state index contributed by atoms with van der Waals surface area (Å²) < 4.78 is 5.61. The molecule has 1 aliphatic carbocycles. The third-order valence-corrected chi connectivity index (χ3v) is 3.80. The first kappa shape index (κ1) is 16.3. The van der Waals surface area contributed by atoms with Gasteiger partial charge in [-0.25, -0.2) is 4.79 Å². The summed E-state index contributed by atoms with van der Waals surface area (Å²) in [6, 6.07) is 7.12. The van der Waals surface area contributed by atoms with Crippen LogP contribution in [0.5, 0.6) is 5.75 Å². The Bertz CT molecular complexity index is 539. The van der Waals surface area contributed by atoms with Crippen LogP contribution in [0.3, 0.4) is 0 Å². The van der Waals surface area contributed by atoms with E-state index < -0.39 is 12.0 Å². The van der Waals surface area contributed by atoms with E-state index in [0.29, 0.717) is 19.4 Å². The topological polar surface area (TPSA) is 66.8 Å². The molecule has 0 spiro atoms. The second-order valence-electron chi connectivity index (χ2n) is 5.81. The number of ether oxygens (including phenoxy) is 1. The summed E-state index contributed by atoms with van der Waals surface area (Å²) in [6.45, 7) is 4.02. The minimum atomic E-state index is -0.948. The molecule has 0 bridgehead atoms. The molecule has 0 aliphatic heterocycles. The van der Waals surface area contributed by atoms with Crippen molar-refractivity contribution in [1.29, 1.82) is 0 Å². The monoisotopic (exact) mass is 305 g/mol. The molecule has 1 amide bonds. The lowest BCUT2D eigenvalue weighted by Gasteiger charge is -2.26. The lowest BCUT2D eigenvalue weighted by Crippen LogP contribution is -2.44. The minimum absolute atomic E-state index is 0.0924. The van der Waals surface area contributed by atoms with Gasteiger partial charge in [0.25, 0.3) is 0 Å². The van der Waals surface area contributed by atoms with Gasteiger partial charge in [-0.05, 0) is 50.8 Å². The lowest BCUT2D eigenvalue weighted by molar-refractivity contribution is -0.150. The summed E-state index contributed by atoms with van der Waals surface area (Å²) in [7, 11) is 0. The fourth-order valence-electron chi connectivity index (χ4n) is 2.46. The zero-order valence-corrected chi connectivity index (χ0v) is 13.1. The first-order chi connectivity index (χ1) is 10.5. The first-order valence-corrected chi connectivity index (χ1v) is 7.72. The first-order valence-electron chi connectivity index (χ1n) is 7.72. The van der Waals surface area contributed by atoms with Crippen molar-refractivity contribution >= 4 is 11.9 Å². The largest absolute Gasteiger partial charge is 0.494 e. The molecule has 22 heavy (non-hydrogen) atoms. The van der Waals surface area contributed by atoms with E-state index >= 15 is 0 Å². The number of nitrogens with zero attached hydrogens (tertiary/aromatic N) is 1. The molecular formula is C17H23NO4. The Hall–Kier alpha value is -2.04. The molecule has 1 aromatic carbocycles. The van der Waals surface area contributed by atoms with Gasteiger partial charge in [0.1, 0.15) is 11.8 Å². The Morgan fingerprint density at radius 2 is 2.14 bits per heavy atom. The molecule has 5 heteroatoms. The molecule has 1 aromatic rings. The van der Waals surface area contributed by atoms with E-state index in [2.05, 4.69) is 0 Å². The zero-order valence-electron chi connectivity index (χ0n) is 13.1. The maximum atomic E-state index is 12.2. The molecule has 2 rings (SSSR count). The molecule has 5 nitrogen and oxygen atoms in total. The summed E-state index contributed by atoms with van der Waals surface area (Å²) in [5.74, 6) is -0.244. The Kier molecular flexibility index (Phi) is 5.41. The second kappa shape index (κ2) is 7.29. The molecule has 1 aliphatic rings. The Labute approximate surface area is 130 Å². The van der Waals surface area contributed by atoms with E-state index in [1.165, 1.54) is 4.90 Å². The highest BCUT2D eigenvalue weighted by Gasteiger charge is 2.37. The average molecular weight is 305 g/mol. The van der Waals surface area contributed by atoms with Crippen molar-refractivity contribution in [3.63, 3.8) is 0 Å². The highest BCUT2D eigenvalue weighted by molar-refractivity contribution is 5.83. The van der Waals surface area contributed by atoms with E-state index in [9.17, 15) is 9.59 Å². The number of benzene rings is 1. The van der Waals surface area contributed by atoms with Gasteiger partial charge in [-0.15, -0.1) is 0 Å². The average Bonchev–Trinajstić information content (AvgIpc) is 3.28. The molecule has 1 saturated carbocycles. The number of rotatable bonds is 8. The van der Waals surface area contributed by atoms with Crippen LogP contribution in [0.2, 0.25) is 0 Å². The molecule has 1 fully saturated rings. The van der Waals surface area contributed by atoms with Crippen molar-refractivity contribution < 1.29 is 19.4 Å². The van der Waals surface area contributed by atoms with Crippen molar-refractivity contribution in [1.82, 2.24) is 4.90 Å². The zero-order chi connectivity index (χ0) is 16.1. The van der Waals surface area contributed by atoms with Gasteiger partial charge in [0, 0.05) is 12.5 Å². The van der Waals surface area contributed by atoms with Gasteiger partial charge >= 0.3 is 5.97 Å². The molecule has 1 unspecified atom stereocenters. The Morgan fingerprint density at radius 1 is 1.41 bits per heavy atom. The third-order valence-electron chi connectivity index (χ3n) is 3.80. The van der Waals surface area contributed by atoms with Crippen LogP contribution in [0.1, 0.15) is 38.2 Å². The molecule has 1 atom stereocenters. The second-order valence-corrected chi connectivity index (χ2v) is 5.81. The Balaban J connectivity index is 1.77. The van der Waals surface area contributed by atoms with Gasteiger partial charge in [0.05, 0.1) is 6.61 Å². The predicted octanol–water partition coefficient (Wildman–Crippen LogP) is 2.62. The number of aryl methyl sites for hydroxylation is 1. The van der Waals surface area contributed by atoms with Crippen LogP contribution in [0.25, 0.3) is 0 Å². The van der Waals surface area contributed by atoms with Crippen molar-refractivity contribution in [2.24, 2.45) is 0 Å². The number of carbonyl (C=O) groups excluding carboxylic acids is 1. The number of hydrogen-bond acceptors (Lipinski definition) is 3. The molecular weight excluding hydrogens is 282 g/mol. The number of carbonyl (C=O) groups is 2. The maximum absolute atomic E-state index is 12.2. The third kappa shape index (κ3) is 4.48. The SMILES string of the molecule is Cc1cccc(OCCCC(=O)N(C2CC2)C(C)C(=O)O)c1. The van der Waals surface area contributed by atoms with Crippen LogP contribution < -0.4 is 4.74 Å². The van der Waals surface area contributed by atoms with Crippen molar-refractivity contribution in [3.8, 4) is 5.75 Å². The maximum Gasteiger partial charge on any atom is 0.326 e. The quantitative estimate of drug-likeness (QED) is 0.750. The van der Waals surface area contributed by atoms with Crippen molar-refractivity contribution in [2.75, 3.05) is 6.61 Å². The van der Waals surface area contributed by atoms with E-state index in [-0.39, 0.29) is 11.9 Å². The number of carboxylic acids is 1. The van der Waals surface area contributed by atoms with Crippen molar-refractivity contribution in [3.05, 3.63) is 29.8 Å². The number of carboxylic acid groups (broad SMARTS) is 1. The molecule has 0 aromatic heterocycles. The normalized spacial score (nSPS) is 15.2. The fourth-order valence-corrected chi connectivity index (χ4v) is 2.46. The summed E-state index contributed by atoms with van der Waals surface area (Å²) >= 11 is 0. The van der Waals surface area contributed by atoms with E-state index in [1.807, 2.05) is 31.2 Å².